The van der Waals surface area contributed by atoms with Crippen LogP contribution in [0.1, 0.15) is 41.2 Å². The van der Waals surface area contributed by atoms with E-state index in [0.29, 0.717) is 48.9 Å². The molecule has 136 valence electrons. The van der Waals surface area contributed by atoms with Crippen LogP contribution < -0.4 is 19.5 Å². The molecule has 5 nitrogen and oxygen atoms in total. The first-order valence-corrected chi connectivity index (χ1v) is 8.84. The molecule has 1 N–H and O–H groups in total. The van der Waals surface area contributed by atoms with Crippen molar-refractivity contribution in [1.82, 2.24) is 5.32 Å². The zero-order chi connectivity index (χ0) is 17.9. The van der Waals surface area contributed by atoms with Gasteiger partial charge in [-0.25, -0.2) is 4.39 Å². The summed E-state index contributed by atoms with van der Waals surface area (Å²) in [5.41, 5.74) is 1.16. The maximum absolute atomic E-state index is 14.0. The Morgan fingerprint density at radius 2 is 1.81 bits per heavy atom. The summed E-state index contributed by atoms with van der Waals surface area (Å²) in [4.78, 5) is 12.7. The van der Waals surface area contributed by atoms with E-state index in [9.17, 15) is 9.18 Å². The molecular formula is C20H20FNO4. The third kappa shape index (κ3) is 3.31. The second kappa shape index (κ2) is 7.23. The summed E-state index contributed by atoms with van der Waals surface area (Å²) in [6.07, 6.45) is 2.23. The highest BCUT2D eigenvalue weighted by atomic mass is 19.1. The van der Waals surface area contributed by atoms with Gasteiger partial charge in [-0.1, -0.05) is 12.1 Å². The molecule has 2 aliphatic heterocycles. The minimum atomic E-state index is -0.403. The van der Waals surface area contributed by atoms with Crippen LogP contribution in [0.3, 0.4) is 0 Å². The Kier molecular flexibility index (Phi) is 4.65. The van der Waals surface area contributed by atoms with Crippen LogP contribution >= 0.6 is 0 Å². The molecule has 4 rings (SSSR count). The van der Waals surface area contributed by atoms with E-state index in [1.807, 2.05) is 0 Å². The average Bonchev–Trinajstić information content (AvgIpc) is 3.00. The van der Waals surface area contributed by atoms with Gasteiger partial charge < -0.3 is 19.5 Å². The van der Waals surface area contributed by atoms with Gasteiger partial charge in [0.2, 0.25) is 0 Å². The van der Waals surface area contributed by atoms with Crippen molar-refractivity contribution in [2.45, 2.75) is 25.3 Å². The normalized spacial score (nSPS) is 18.7. The van der Waals surface area contributed by atoms with E-state index in [1.54, 1.807) is 30.3 Å². The van der Waals surface area contributed by atoms with Gasteiger partial charge in [-0.15, -0.1) is 0 Å². The zero-order valence-electron chi connectivity index (χ0n) is 14.3. The molecule has 2 aromatic rings. The maximum atomic E-state index is 14.0. The third-order valence-electron chi connectivity index (χ3n) is 4.57. The summed E-state index contributed by atoms with van der Waals surface area (Å²) in [6, 6.07) is 9.65. The van der Waals surface area contributed by atoms with Crippen LogP contribution in [0.2, 0.25) is 0 Å². The Morgan fingerprint density at radius 1 is 1.00 bits per heavy atom. The van der Waals surface area contributed by atoms with E-state index in [4.69, 9.17) is 14.2 Å². The molecular weight excluding hydrogens is 337 g/mol. The number of ether oxygens (including phenoxy) is 3. The van der Waals surface area contributed by atoms with Gasteiger partial charge in [0, 0.05) is 17.5 Å². The Balaban J connectivity index is 1.57. The second-order valence-corrected chi connectivity index (χ2v) is 6.39. The van der Waals surface area contributed by atoms with Crippen molar-refractivity contribution < 1.29 is 23.4 Å². The Bertz CT molecular complexity index is 823. The van der Waals surface area contributed by atoms with E-state index in [-0.39, 0.29) is 17.7 Å². The summed E-state index contributed by atoms with van der Waals surface area (Å²) in [5, 5.41) is 3.00. The van der Waals surface area contributed by atoms with Gasteiger partial charge in [-0.05, 0) is 37.1 Å². The molecule has 0 aromatic heterocycles. The lowest BCUT2D eigenvalue weighted by Crippen LogP contribution is -2.28. The first-order valence-electron chi connectivity index (χ1n) is 8.84. The predicted molar refractivity (Wildman–Crippen MR) is 93.4 cm³/mol. The lowest BCUT2D eigenvalue weighted by Gasteiger charge is -2.19. The van der Waals surface area contributed by atoms with E-state index in [1.165, 1.54) is 6.07 Å². The van der Waals surface area contributed by atoms with Crippen molar-refractivity contribution in [1.29, 1.82) is 0 Å². The molecule has 1 amide bonds. The Hall–Kier alpha value is -2.76. The molecule has 0 aliphatic carbocycles. The van der Waals surface area contributed by atoms with Crippen LogP contribution in [0.4, 0.5) is 4.39 Å². The van der Waals surface area contributed by atoms with Crippen molar-refractivity contribution in [2.24, 2.45) is 0 Å². The molecule has 0 saturated carbocycles. The summed E-state index contributed by atoms with van der Waals surface area (Å²) >= 11 is 0. The smallest absolute Gasteiger partial charge is 0.251 e. The summed E-state index contributed by atoms with van der Waals surface area (Å²) < 4.78 is 30.8. The number of nitrogens with one attached hydrogen (secondary N) is 1. The number of para-hydroxylation sites is 1. The first kappa shape index (κ1) is 16.7. The molecule has 26 heavy (non-hydrogen) atoms. The van der Waals surface area contributed by atoms with Crippen LogP contribution in [-0.2, 0) is 0 Å². The van der Waals surface area contributed by atoms with Gasteiger partial charge in [0.15, 0.2) is 23.1 Å². The summed E-state index contributed by atoms with van der Waals surface area (Å²) in [6.45, 7) is 1.60. The highest BCUT2D eigenvalue weighted by molar-refractivity contribution is 5.95. The number of carbonyl (C=O) groups is 1. The molecule has 2 aromatic carbocycles. The number of hydrogen-bond donors (Lipinski definition) is 1. The van der Waals surface area contributed by atoms with Crippen LogP contribution in [0.15, 0.2) is 36.4 Å². The van der Waals surface area contributed by atoms with Crippen LogP contribution in [0.25, 0.3) is 0 Å². The topological polar surface area (TPSA) is 56.8 Å². The fourth-order valence-corrected chi connectivity index (χ4v) is 3.27. The van der Waals surface area contributed by atoms with Crippen molar-refractivity contribution in [2.75, 3.05) is 19.8 Å². The number of amides is 1. The molecule has 0 fully saturated rings. The van der Waals surface area contributed by atoms with E-state index in [2.05, 4.69) is 5.32 Å². The van der Waals surface area contributed by atoms with Gasteiger partial charge in [0.05, 0.1) is 25.9 Å². The molecule has 0 radical (unpaired) electrons. The van der Waals surface area contributed by atoms with Crippen molar-refractivity contribution in [3.8, 4) is 17.2 Å². The molecule has 0 bridgehead atoms. The highest BCUT2D eigenvalue weighted by Gasteiger charge is 2.24. The lowest BCUT2D eigenvalue weighted by atomic mass is 10.0. The minimum Gasteiger partial charge on any atom is -0.490 e. The Labute approximate surface area is 151 Å². The molecule has 0 unspecified atom stereocenters. The molecule has 6 heteroatoms. The molecule has 1 atom stereocenters. The van der Waals surface area contributed by atoms with Gasteiger partial charge >= 0.3 is 0 Å². The van der Waals surface area contributed by atoms with E-state index >= 15 is 0 Å². The predicted octanol–water partition coefficient (Wildman–Crippen LogP) is 3.63. The summed E-state index contributed by atoms with van der Waals surface area (Å²) in [5.74, 6) is 0.816. The number of rotatable bonds is 2. The quantitative estimate of drug-likeness (QED) is 0.892. The number of carbonyl (C=O) groups excluding carboxylic acids is 1. The molecule has 0 saturated heterocycles. The fourth-order valence-electron chi connectivity index (χ4n) is 3.27. The van der Waals surface area contributed by atoms with E-state index in [0.717, 1.165) is 12.8 Å². The Morgan fingerprint density at radius 3 is 2.69 bits per heavy atom. The summed E-state index contributed by atoms with van der Waals surface area (Å²) in [7, 11) is 0. The number of fused-ring (bicyclic) bond motifs is 2. The molecule has 2 aliphatic rings. The van der Waals surface area contributed by atoms with Crippen molar-refractivity contribution in [3.63, 3.8) is 0 Å². The fraction of sp³-hybridized carbons (Fsp3) is 0.350. The second-order valence-electron chi connectivity index (χ2n) is 6.39. The highest BCUT2D eigenvalue weighted by Crippen LogP contribution is 2.34. The van der Waals surface area contributed by atoms with E-state index < -0.39 is 5.82 Å². The number of benzene rings is 2. The largest absolute Gasteiger partial charge is 0.490 e. The monoisotopic (exact) mass is 357 g/mol. The third-order valence-corrected chi connectivity index (χ3v) is 4.57. The SMILES string of the molecule is O=C(N[C@@H]1CCCOc2c(F)cccc21)c1ccc2c(c1)OCCCO2. The van der Waals surface area contributed by atoms with Crippen molar-refractivity contribution >= 4 is 5.91 Å². The van der Waals surface area contributed by atoms with Crippen LogP contribution in [0, 0.1) is 5.82 Å². The first-order chi connectivity index (χ1) is 12.7. The average molecular weight is 357 g/mol. The van der Waals surface area contributed by atoms with Crippen LogP contribution in [-0.4, -0.2) is 25.7 Å². The standard InChI is InChI=1S/C20H20FNO4/c21-15-5-1-4-14-16(6-2-9-26-19(14)15)22-20(23)13-7-8-17-18(12-13)25-11-3-10-24-17/h1,4-5,7-8,12,16H,2-3,6,9-11H2,(H,22,23)/t16-/m1/s1. The van der Waals surface area contributed by atoms with Gasteiger partial charge in [0.25, 0.3) is 5.91 Å². The molecule has 2 heterocycles. The van der Waals surface area contributed by atoms with Crippen molar-refractivity contribution in [3.05, 3.63) is 53.3 Å². The zero-order valence-corrected chi connectivity index (χ0v) is 14.3. The minimum absolute atomic E-state index is 0.231. The van der Waals surface area contributed by atoms with Gasteiger partial charge in [0.1, 0.15) is 0 Å². The molecule has 0 spiro atoms. The number of hydrogen-bond acceptors (Lipinski definition) is 4. The van der Waals surface area contributed by atoms with Gasteiger partial charge in [-0.3, -0.25) is 4.79 Å². The maximum Gasteiger partial charge on any atom is 0.251 e. The van der Waals surface area contributed by atoms with Gasteiger partial charge in [-0.2, -0.15) is 0 Å². The lowest BCUT2D eigenvalue weighted by molar-refractivity contribution is 0.0934. The van der Waals surface area contributed by atoms with Crippen LogP contribution in [0.5, 0.6) is 17.2 Å². The number of halogens is 1.